The van der Waals surface area contributed by atoms with E-state index in [1.807, 2.05) is 22.4 Å². The van der Waals surface area contributed by atoms with Crippen LogP contribution in [0.1, 0.15) is 40.7 Å². The van der Waals surface area contributed by atoms with Crippen molar-refractivity contribution in [2.24, 2.45) is 0 Å². The summed E-state index contributed by atoms with van der Waals surface area (Å²) in [6, 6.07) is 5.46. The van der Waals surface area contributed by atoms with Gasteiger partial charge in [-0.1, -0.05) is 12.1 Å². The average molecular weight is 346 g/mol. The lowest BCUT2D eigenvalue weighted by molar-refractivity contribution is 0.0726. The molecule has 5 nitrogen and oxygen atoms in total. The second-order valence-electron chi connectivity index (χ2n) is 6.04. The summed E-state index contributed by atoms with van der Waals surface area (Å²) in [4.78, 5) is 14.8. The molecular weight excluding hydrogens is 324 g/mol. The molecule has 1 aliphatic heterocycles. The fraction of sp³-hybridized carbons (Fsp3) is 0.389. The quantitative estimate of drug-likeness (QED) is 0.794. The van der Waals surface area contributed by atoms with Crippen molar-refractivity contribution in [2.75, 3.05) is 18.8 Å². The second kappa shape index (κ2) is 7.34. The number of anilines is 1. The van der Waals surface area contributed by atoms with Crippen LogP contribution in [-0.2, 0) is 13.2 Å². The molecule has 128 valence electrons. The lowest BCUT2D eigenvalue weighted by atomic mass is 9.98. The molecule has 1 fully saturated rings. The van der Waals surface area contributed by atoms with Crippen molar-refractivity contribution in [3.05, 3.63) is 40.3 Å². The number of benzene rings is 1. The van der Waals surface area contributed by atoms with Crippen LogP contribution < -0.4 is 5.73 Å². The van der Waals surface area contributed by atoms with Crippen LogP contribution in [-0.4, -0.2) is 34.1 Å². The Balaban J connectivity index is 1.99. The minimum atomic E-state index is -0.154. The lowest BCUT2D eigenvalue weighted by Gasteiger charge is -2.27. The van der Waals surface area contributed by atoms with Gasteiger partial charge < -0.3 is 20.8 Å². The maximum absolute atomic E-state index is 12.9. The first-order valence-electron chi connectivity index (χ1n) is 8.15. The molecule has 1 saturated heterocycles. The Hall–Kier alpha value is -1.89. The molecule has 1 amide bonds. The summed E-state index contributed by atoms with van der Waals surface area (Å²) in [7, 11) is 0. The number of nitrogens with two attached hydrogens (primary N) is 1. The summed E-state index contributed by atoms with van der Waals surface area (Å²) >= 11 is 1.36. The predicted molar refractivity (Wildman–Crippen MR) is 95.8 cm³/mol. The van der Waals surface area contributed by atoms with Crippen LogP contribution in [0.5, 0.6) is 0 Å². The van der Waals surface area contributed by atoms with Crippen molar-refractivity contribution < 1.29 is 15.0 Å². The molecule has 2 aromatic rings. The van der Waals surface area contributed by atoms with Gasteiger partial charge in [0.1, 0.15) is 0 Å². The molecule has 0 atom stereocenters. The molecule has 0 aliphatic carbocycles. The third kappa shape index (κ3) is 3.17. The first kappa shape index (κ1) is 17.0. The smallest absolute Gasteiger partial charge is 0.257 e. The zero-order valence-corrected chi connectivity index (χ0v) is 14.3. The molecule has 0 spiro atoms. The fourth-order valence-corrected chi connectivity index (χ4v) is 3.97. The number of hydrogen-bond donors (Lipinski definition) is 3. The van der Waals surface area contributed by atoms with E-state index in [1.54, 1.807) is 6.07 Å². The molecule has 0 saturated carbocycles. The number of likely N-dealkylation sites (tertiary alicyclic amines) is 1. The van der Waals surface area contributed by atoms with Gasteiger partial charge in [-0.3, -0.25) is 4.79 Å². The summed E-state index contributed by atoms with van der Waals surface area (Å²) in [5, 5.41) is 21.3. The number of amides is 1. The van der Waals surface area contributed by atoms with Crippen LogP contribution in [0, 0.1) is 0 Å². The Bertz CT molecular complexity index is 736. The third-order valence-electron chi connectivity index (χ3n) is 4.53. The monoisotopic (exact) mass is 346 g/mol. The summed E-state index contributed by atoms with van der Waals surface area (Å²) < 4.78 is 0. The van der Waals surface area contributed by atoms with Crippen molar-refractivity contribution >= 4 is 22.2 Å². The van der Waals surface area contributed by atoms with E-state index in [4.69, 9.17) is 5.73 Å². The van der Waals surface area contributed by atoms with Gasteiger partial charge in [0.2, 0.25) is 0 Å². The Morgan fingerprint density at radius 2 is 1.83 bits per heavy atom. The van der Waals surface area contributed by atoms with Gasteiger partial charge in [-0.05, 0) is 42.0 Å². The van der Waals surface area contributed by atoms with Gasteiger partial charge in [0.05, 0.1) is 23.8 Å². The third-order valence-corrected chi connectivity index (χ3v) is 5.35. The number of thiophene rings is 1. The molecule has 1 aliphatic rings. The molecule has 1 aromatic carbocycles. The highest BCUT2D eigenvalue weighted by molar-refractivity contribution is 7.15. The van der Waals surface area contributed by atoms with E-state index >= 15 is 0 Å². The van der Waals surface area contributed by atoms with Crippen LogP contribution in [0.4, 0.5) is 5.00 Å². The molecule has 0 unspecified atom stereocenters. The molecule has 2 heterocycles. The van der Waals surface area contributed by atoms with Gasteiger partial charge in [-0.2, -0.15) is 0 Å². The van der Waals surface area contributed by atoms with Crippen molar-refractivity contribution in [2.45, 2.75) is 32.5 Å². The molecule has 0 bridgehead atoms. The van der Waals surface area contributed by atoms with E-state index in [0.717, 1.165) is 43.5 Å². The first-order valence-corrected chi connectivity index (χ1v) is 9.03. The van der Waals surface area contributed by atoms with Gasteiger partial charge in [0.15, 0.2) is 0 Å². The summed E-state index contributed by atoms with van der Waals surface area (Å²) in [5.74, 6) is -0.0137. The van der Waals surface area contributed by atoms with Crippen LogP contribution in [0.3, 0.4) is 0 Å². The van der Waals surface area contributed by atoms with Gasteiger partial charge in [0, 0.05) is 24.0 Å². The fourth-order valence-electron chi connectivity index (χ4n) is 3.16. The molecular formula is C18H22N2O3S. The number of rotatable bonds is 4. The van der Waals surface area contributed by atoms with Crippen molar-refractivity contribution in [1.29, 1.82) is 0 Å². The number of aliphatic hydroxyl groups is 2. The van der Waals surface area contributed by atoms with Crippen LogP contribution in [0.25, 0.3) is 11.1 Å². The topological polar surface area (TPSA) is 86.8 Å². The van der Waals surface area contributed by atoms with E-state index < -0.39 is 0 Å². The maximum atomic E-state index is 12.9. The van der Waals surface area contributed by atoms with Crippen molar-refractivity contribution in [3.8, 4) is 11.1 Å². The summed E-state index contributed by atoms with van der Waals surface area (Å²) in [6.45, 7) is 1.28. The Kier molecular flexibility index (Phi) is 5.18. The maximum Gasteiger partial charge on any atom is 0.257 e. The number of aliphatic hydroxyl groups excluding tert-OH is 2. The number of carbonyl (C=O) groups excluding carboxylic acids is 1. The first-order chi connectivity index (χ1) is 11.7. The van der Waals surface area contributed by atoms with Gasteiger partial charge >= 0.3 is 0 Å². The zero-order valence-electron chi connectivity index (χ0n) is 13.5. The van der Waals surface area contributed by atoms with Crippen LogP contribution in [0.2, 0.25) is 0 Å². The zero-order chi connectivity index (χ0) is 17.1. The molecule has 6 heteroatoms. The summed E-state index contributed by atoms with van der Waals surface area (Å²) in [5.41, 5.74) is 9.64. The van der Waals surface area contributed by atoms with Crippen molar-refractivity contribution in [3.63, 3.8) is 0 Å². The number of hydrogen-bond acceptors (Lipinski definition) is 5. The molecule has 0 radical (unpaired) electrons. The molecule has 3 rings (SSSR count). The van der Waals surface area contributed by atoms with E-state index in [9.17, 15) is 15.0 Å². The Labute approximate surface area is 145 Å². The predicted octanol–water partition coefficient (Wildman–Crippen LogP) is 2.61. The highest BCUT2D eigenvalue weighted by Gasteiger charge is 2.25. The van der Waals surface area contributed by atoms with E-state index in [1.165, 1.54) is 11.3 Å². The molecule has 24 heavy (non-hydrogen) atoms. The van der Waals surface area contributed by atoms with Gasteiger partial charge in [0.25, 0.3) is 5.91 Å². The van der Waals surface area contributed by atoms with E-state index in [2.05, 4.69) is 0 Å². The second-order valence-corrected chi connectivity index (χ2v) is 6.95. The minimum absolute atomic E-state index is 0.0137. The Morgan fingerprint density at radius 3 is 2.50 bits per heavy atom. The van der Waals surface area contributed by atoms with Gasteiger partial charge in [-0.15, -0.1) is 11.3 Å². The Morgan fingerprint density at radius 1 is 1.12 bits per heavy atom. The molecule has 4 N–H and O–H groups in total. The van der Waals surface area contributed by atoms with Crippen molar-refractivity contribution in [1.82, 2.24) is 4.90 Å². The largest absolute Gasteiger partial charge is 0.392 e. The highest BCUT2D eigenvalue weighted by Crippen LogP contribution is 2.36. The highest BCUT2D eigenvalue weighted by atomic mass is 32.1. The van der Waals surface area contributed by atoms with Gasteiger partial charge in [-0.25, -0.2) is 0 Å². The van der Waals surface area contributed by atoms with Crippen LogP contribution >= 0.6 is 11.3 Å². The van der Waals surface area contributed by atoms with E-state index in [-0.39, 0.29) is 19.1 Å². The number of piperidine rings is 1. The number of nitrogen functional groups attached to an aromatic ring is 1. The normalized spacial score (nSPS) is 14.8. The number of carbonyl (C=O) groups is 1. The summed E-state index contributed by atoms with van der Waals surface area (Å²) in [6.07, 6.45) is 3.23. The standard InChI is InChI=1S/C18H22N2O3S/c19-17-16(18(23)20-6-2-1-3-7-20)15(11-24-17)12-4-5-13(9-21)14(8-12)10-22/h4-5,8,11,21-22H,1-3,6-7,9-10,19H2. The van der Waals surface area contributed by atoms with E-state index in [0.29, 0.717) is 21.7 Å². The number of nitrogens with zero attached hydrogens (tertiary/aromatic N) is 1. The minimum Gasteiger partial charge on any atom is -0.392 e. The lowest BCUT2D eigenvalue weighted by Crippen LogP contribution is -2.35. The molecule has 1 aromatic heterocycles. The SMILES string of the molecule is Nc1scc(-c2ccc(CO)c(CO)c2)c1C(=O)N1CCCCC1. The van der Waals surface area contributed by atoms with Crippen LogP contribution in [0.15, 0.2) is 23.6 Å². The average Bonchev–Trinajstić information content (AvgIpc) is 3.02.